The van der Waals surface area contributed by atoms with E-state index in [1.165, 1.54) is 0 Å². The summed E-state index contributed by atoms with van der Waals surface area (Å²) in [5.74, 6) is 0. The van der Waals surface area contributed by atoms with Gasteiger partial charge >= 0.3 is 6.09 Å². The minimum Gasteiger partial charge on any atom is -0.443 e. The summed E-state index contributed by atoms with van der Waals surface area (Å²) in [5.41, 5.74) is 1.07. The first-order valence-corrected chi connectivity index (χ1v) is 6.54. The molecule has 0 spiro atoms. The maximum Gasteiger partial charge on any atom is 0.419 e. The zero-order chi connectivity index (χ0) is 14.3. The van der Waals surface area contributed by atoms with E-state index < -0.39 is 5.60 Å². The Morgan fingerprint density at radius 1 is 1.10 bits per heavy atom. The topological polar surface area (TPSA) is 44.1 Å². The fourth-order valence-electron chi connectivity index (χ4n) is 2.32. The predicted molar refractivity (Wildman–Crippen MR) is 78.9 cm³/mol. The van der Waals surface area contributed by atoms with Gasteiger partial charge in [0.1, 0.15) is 5.60 Å². The van der Waals surface area contributed by atoms with Crippen molar-refractivity contribution in [3.05, 3.63) is 42.7 Å². The first-order chi connectivity index (χ1) is 9.47. The van der Waals surface area contributed by atoms with Crippen molar-refractivity contribution in [1.29, 1.82) is 0 Å². The zero-order valence-electron chi connectivity index (χ0n) is 11.8. The number of hydrogen-bond donors (Lipinski definition) is 0. The van der Waals surface area contributed by atoms with Gasteiger partial charge in [0.15, 0.2) is 0 Å². The molecule has 3 rings (SSSR count). The number of carbonyl (C=O) groups excluding carboxylic acids is 1. The molecule has 4 nitrogen and oxygen atoms in total. The third-order valence-electron chi connectivity index (χ3n) is 3.05. The molecule has 0 amide bonds. The number of benzene rings is 1. The number of rotatable bonds is 0. The minimum atomic E-state index is -0.531. The molecular weight excluding hydrogens is 252 g/mol. The molecule has 102 valence electrons. The van der Waals surface area contributed by atoms with Crippen molar-refractivity contribution in [3.63, 3.8) is 0 Å². The molecule has 3 aromatic rings. The normalized spacial score (nSPS) is 11.9. The van der Waals surface area contributed by atoms with E-state index in [9.17, 15) is 4.79 Å². The van der Waals surface area contributed by atoms with Crippen molar-refractivity contribution < 1.29 is 9.53 Å². The zero-order valence-corrected chi connectivity index (χ0v) is 11.8. The van der Waals surface area contributed by atoms with Gasteiger partial charge < -0.3 is 4.74 Å². The van der Waals surface area contributed by atoms with Gasteiger partial charge in [0.2, 0.25) is 0 Å². The van der Waals surface area contributed by atoms with Crippen molar-refractivity contribution >= 4 is 27.9 Å². The number of ether oxygens (including phenoxy) is 1. The SMILES string of the molecule is CC(C)(C)OC(=O)n1c2ccccc2c2ccncc21. The number of fused-ring (bicyclic) bond motifs is 3. The van der Waals surface area contributed by atoms with Crippen LogP contribution >= 0.6 is 0 Å². The highest BCUT2D eigenvalue weighted by Gasteiger charge is 2.21. The molecule has 4 heteroatoms. The number of hydrogen-bond acceptors (Lipinski definition) is 3. The molecule has 0 fully saturated rings. The van der Waals surface area contributed by atoms with Crippen LogP contribution in [-0.4, -0.2) is 21.2 Å². The molecule has 0 radical (unpaired) electrons. The summed E-state index contributed by atoms with van der Waals surface area (Å²) < 4.78 is 7.08. The van der Waals surface area contributed by atoms with Crippen molar-refractivity contribution in [2.45, 2.75) is 26.4 Å². The Morgan fingerprint density at radius 2 is 1.80 bits per heavy atom. The minimum absolute atomic E-state index is 0.378. The van der Waals surface area contributed by atoms with E-state index in [1.807, 2.05) is 51.1 Å². The summed E-state index contributed by atoms with van der Waals surface area (Å²) in [7, 11) is 0. The second kappa shape index (κ2) is 4.34. The Balaban J connectivity index is 2.29. The van der Waals surface area contributed by atoms with E-state index in [4.69, 9.17) is 4.74 Å². The number of carbonyl (C=O) groups is 1. The van der Waals surface area contributed by atoms with Crippen LogP contribution in [0.4, 0.5) is 4.79 Å². The Morgan fingerprint density at radius 3 is 2.55 bits per heavy atom. The van der Waals surface area contributed by atoms with Gasteiger partial charge in [0.05, 0.1) is 17.2 Å². The largest absolute Gasteiger partial charge is 0.443 e. The number of pyridine rings is 1. The van der Waals surface area contributed by atoms with Gasteiger partial charge in [-0.25, -0.2) is 9.36 Å². The van der Waals surface area contributed by atoms with E-state index in [-0.39, 0.29) is 6.09 Å². The van der Waals surface area contributed by atoms with Crippen LogP contribution < -0.4 is 0 Å². The average Bonchev–Trinajstić information content (AvgIpc) is 2.71. The van der Waals surface area contributed by atoms with Crippen LogP contribution in [0.3, 0.4) is 0 Å². The van der Waals surface area contributed by atoms with Crippen molar-refractivity contribution in [2.24, 2.45) is 0 Å². The van der Waals surface area contributed by atoms with Crippen LogP contribution in [-0.2, 0) is 4.74 Å². The summed E-state index contributed by atoms with van der Waals surface area (Å²) in [6, 6.07) is 9.70. The summed E-state index contributed by atoms with van der Waals surface area (Å²) in [4.78, 5) is 16.6. The molecule has 0 unspecified atom stereocenters. The molecule has 1 aromatic carbocycles. The van der Waals surface area contributed by atoms with E-state index >= 15 is 0 Å². The van der Waals surface area contributed by atoms with Crippen molar-refractivity contribution in [1.82, 2.24) is 9.55 Å². The first-order valence-electron chi connectivity index (χ1n) is 6.54. The lowest BCUT2D eigenvalue weighted by atomic mass is 10.2. The van der Waals surface area contributed by atoms with Crippen LogP contribution in [0.15, 0.2) is 42.7 Å². The average molecular weight is 268 g/mol. The standard InChI is InChI=1S/C16H16N2O2/c1-16(2,3)20-15(19)18-13-7-5-4-6-11(13)12-8-9-17-10-14(12)18/h4-10H,1-3H3. The molecule has 0 aliphatic heterocycles. The molecule has 0 saturated heterocycles. The maximum atomic E-state index is 12.5. The summed E-state index contributed by atoms with van der Waals surface area (Å²) >= 11 is 0. The van der Waals surface area contributed by atoms with Gasteiger partial charge in [-0.2, -0.15) is 0 Å². The molecule has 0 N–H and O–H groups in total. The molecule has 0 atom stereocenters. The highest BCUT2D eigenvalue weighted by Crippen LogP contribution is 2.28. The predicted octanol–water partition coefficient (Wildman–Crippen LogP) is 3.97. The number of para-hydroxylation sites is 1. The summed E-state index contributed by atoms with van der Waals surface area (Å²) in [6.07, 6.45) is 3.05. The van der Waals surface area contributed by atoms with E-state index in [2.05, 4.69) is 4.98 Å². The smallest absolute Gasteiger partial charge is 0.419 e. The van der Waals surface area contributed by atoms with E-state index in [0.29, 0.717) is 0 Å². The highest BCUT2D eigenvalue weighted by molar-refractivity contribution is 6.12. The summed E-state index contributed by atoms with van der Waals surface area (Å²) in [5, 5.41) is 2.03. The first kappa shape index (κ1) is 12.7. The summed E-state index contributed by atoms with van der Waals surface area (Å²) in [6.45, 7) is 5.57. The highest BCUT2D eigenvalue weighted by atomic mass is 16.6. The van der Waals surface area contributed by atoms with Crippen molar-refractivity contribution in [3.8, 4) is 0 Å². The maximum absolute atomic E-state index is 12.5. The molecule has 20 heavy (non-hydrogen) atoms. The lowest BCUT2D eigenvalue weighted by Gasteiger charge is -2.20. The van der Waals surface area contributed by atoms with Gasteiger partial charge in [0, 0.05) is 17.0 Å². The molecule has 2 aromatic heterocycles. The molecular formula is C16H16N2O2. The van der Waals surface area contributed by atoms with Crippen LogP contribution in [0.1, 0.15) is 20.8 Å². The fourth-order valence-corrected chi connectivity index (χ4v) is 2.32. The molecule has 2 heterocycles. The quantitative estimate of drug-likeness (QED) is 0.619. The molecule has 0 aliphatic rings. The number of nitrogens with zero attached hydrogens (tertiary/aromatic N) is 2. The van der Waals surface area contributed by atoms with Crippen molar-refractivity contribution in [2.75, 3.05) is 0 Å². The van der Waals surface area contributed by atoms with Crippen LogP contribution in [0.2, 0.25) is 0 Å². The second-order valence-electron chi connectivity index (χ2n) is 5.73. The monoisotopic (exact) mass is 268 g/mol. The molecule has 0 aliphatic carbocycles. The Kier molecular flexibility index (Phi) is 2.74. The Bertz CT molecular complexity index is 744. The molecule has 0 bridgehead atoms. The van der Waals surface area contributed by atoms with E-state index in [1.54, 1.807) is 17.0 Å². The van der Waals surface area contributed by atoms with E-state index in [0.717, 1.165) is 21.8 Å². The third-order valence-corrected chi connectivity index (χ3v) is 3.05. The lowest BCUT2D eigenvalue weighted by Crippen LogP contribution is -2.27. The van der Waals surface area contributed by atoms with Gasteiger partial charge in [-0.15, -0.1) is 0 Å². The van der Waals surface area contributed by atoms with Gasteiger partial charge in [-0.3, -0.25) is 4.98 Å². The van der Waals surface area contributed by atoms with Gasteiger partial charge in [-0.05, 0) is 32.9 Å². The third kappa shape index (κ3) is 2.03. The Labute approximate surface area is 117 Å². The van der Waals surface area contributed by atoms with Crippen LogP contribution in [0, 0.1) is 0 Å². The van der Waals surface area contributed by atoms with Gasteiger partial charge in [-0.1, -0.05) is 18.2 Å². The number of aromatic nitrogens is 2. The Hall–Kier alpha value is -2.36. The fraction of sp³-hybridized carbons (Fsp3) is 0.250. The second-order valence-corrected chi connectivity index (χ2v) is 5.73. The molecule has 0 saturated carbocycles. The van der Waals surface area contributed by atoms with Crippen LogP contribution in [0.25, 0.3) is 21.8 Å². The lowest BCUT2D eigenvalue weighted by molar-refractivity contribution is 0.0551. The van der Waals surface area contributed by atoms with Crippen LogP contribution in [0.5, 0.6) is 0 Å². The van der Waals surface area contributed by atoms with Gasteiger partial charge in [0.25, 0.3) is 0 Å².